The summed E-state index contributed by atoms with van der Waals surface area (Å²) in [4.78, 5) is 51.6. The predicted octanol–water partition coefficient (Wildman–Crippen LogP) is 3.58. The molecule has 0 fully saturated rings. The zero-order chi connectivity index (χ0) is 24.3. The van der Waals surface area contributed by atoms with Crippen LogP contribution in [0.25, 0.3) is 0 Å². The smallest absolute Gasteiger partial charge is 0.352 e. The first-order chi connectivity index (χ1) is 16.4. The largest absolute Gasteiger partial charge is 0.477 e. The van der Waals surface area contributed by atoms with Crippen LogP contribution in [0.5, 0.6) is 0 Å². The monoisotopic (exact) mass is 518 g/mol. The molecule has 0 spiro atoms. The fourth-order valence-corrected chi connectivity index (χ4v) is 4.49. The molecule has 4 rings (SSSR count). The van der Waals surface area contributed by atoms with Crippen LogP contribution in [-0.4, -0.2) is 31.4 Å². The number of hydrogen-bond acceptors (Lipinski definition) is 4. The average molecular weight is 519 g/mol. The van der Waals surface area contributed by atoms with Crippen molar-refractivity contribution in [1.82, 2.24) is 9.13 Å². The Hall–Kier alpha value is -4.04. The standard InChI is InChI=1S/C26H19BrN2O5/c27-17-23(31)28-22(30)16-21(24(32)33)29(25(28)34)26(18-10-4-1-5-11-18,19-12-6-2-7-13-19)20-14-8-3-9-15-20/h1-16H,17H2,(H,32,33). The molecule has 0 amide bonds. The highest BCUT2D eigenvalue weighted by Crippen LogP contribution is 2.40. The van der Waals surface area contributed by atoms with Crippen molar-refractivity contribution < 1.29 is 14.7 Å². The molecule has 8 heteroatoms. The number of alkyl halides is 1. The number of carboxylic acid groups (broad SMARTS) is 1. The number of nitrogens with zero attached hydrogens (tertiary/aromatic N) is 2. The summed E-state index contributed by atoms with van der Waals surface area (Å²) in [7, 11) is 0. The van der Waals surface area contributed by atoms with Crippen LogP contribution in [0, 0.1) is 0 Å². The Kier molecular flexibility index (Phi) is 6.43. The Bertz CT molecular complexity index is 1370. The van der Waals surface area contributed by atoms with E-state index in [1.54, 1.807) is 91.0 Å². The molecule has 0 unspecified atom stereocenters. The van der Waals surface area contributed by atoms with Gasteiger partial charge in [-0.2, -0.15) is 4.57 Å². The zero-order valence-corrected chi connectivity index (χ0v) is 19.4. The molecule has 3 aromatic carbocycles. The third-order valence-corrected chi connectivity index (χ3v) is 6.08. The molecule has 34 heavy (non-hydrogen) atoms. The molecule has 0 saturated carbocycles. The summed E-state index contributed by atoms with van der Waals surface area (Å²) in [6, 6.07) is 27.6. The quantitative estimate of drug-likeness (QED) is 0.310. The normalized spacial score (nSPS) is 11.2. The highest BCUT2D eigenvalue weighted by atomic mass is 79.9. The van der Waals surface area contributed by atoms with Crippen molar-refractivity contribution in [3.05, 3.63) is 140 Å². The molecular weight excluding hydrogens is 500 g/mol. The molecule has 0 radical (unpaired) electrons. The highest BCUT2D eigenvalue weighted by Gasteiger charge is 2.42. The molecule has 0 aliphatic carbocycles. The van der Waals surface area contributed by atoms with Gasteiger partial charge in [0, 0.05) is 6.07 Å². The number of benzene rings is 3. The van der Waals surface area contributed by atoms with Crippen LogP contribution in [0.3, 0.4) is 0 Å². The van der Waals surface area contributed by atoms with Crippen molar-refractivity contribution >= 4 is 27.8 Å². The van der Waals surface area contributed by atoms with Gasteiger partial charge in [0.2, 0.25) is 5.91 Å². The fourth-order valence-electron chi connectivity index (χ4n) is 4.24. The van der Waals surface area contributed by atoms with Crippen molar-refractivity contribution in [3.8, 4) is 0 Å². The third-order valence-electron chi connectivity index (χ3n) is 5.60. The number of halogens is 1. The second kappa shape index (κ2) is 9.44. The molecule has 170 valence electrons. The summed E-state index contributed by atoms with van der Waals surface area (Å²) in [6.45, 7) is 0. The molecule has 7 nitrogen and oxygen atoms in total. The van der Waals surface area contributed by atoms with E-state index in [4.69, 9.17) is 0 Å². The van der Waals surface area contributed by atoms with Gasteiger partial charge < -0.3 is 5.11 Å². The topological polar surface area (TPSA) is 98.4 Å². The van der Waals surface area contributed by atoms with E-state index in [-0.39, 0.29) is 5.33 Å². The van der Waals surface area contributed by atoms with Crippen LogP contribution >= 0.6 is 15.9 Å². The molecular formula is C26H19BrN2O5. The molecule has 0 atom stereocenters. The van der Waals surface area contributed by atoms with Crippen molar-refractivity contribution in [2.24, 2.45) is 0 Å². The maximum Gasteiger partial charge on any atom is 0.352 e. The second-order valence-electron chi connectivity index (χ2n) is 7.46. The van der Waals surface area contributed by atoms with Crippen LogP contribution in [0.1, 0.15) is 32.0 Å². The lowest BCUT2D eigenvalue weighted by molar-refractivity contribution is 0.0676. The molecule has 1 aromatic heterocycles. The minimum Gasteiger partial charge on any atom is -0.477 e. The van der Waals surface area contributed by atoms with E-state index in [0.717, 1.165) is 10.6 Å². The summed E-state index contributed by atoms with van der Waals surface area (Å²) < 4.78 is 1.49. The Balaban J connectivity index is 2.33. The van der Waals surface area contributed by atoms with Gasteiger partial charge >= 0.3 is 11.7 Å². The molecule has 4 aromatic rings. The number of carbonyl (C=O) groups excluding carboxylic acids is 1. The lowest BCUT2D eigenvalue weighted by Crippen LogP contribution is -2.53. The summed E-state index contributed by atoms with van der Waals surface area (Å²) in [5, 5.41) is 9.82. The number of aromatic carboxylic acids is 1. The van der Waals surface area contributed by atoms with Crippen molar-refractivity contribution in [1.29, 1.82) is 0 Å². The maximum absolute atomic E-state index is 13.9. The van der Waals surface area contributed by atoms with Crippen LogP contribution in [0.2, 0.25) is 0 Å². The molecule has 0 aliphatic rings. The van der Waals surface area contributed by atoms with E-state index in [0.29, 0.717) is 21.3 Å². The van der Waals surface area contributed by atoms with Gasteiger partial charge in [0.15, 0.2) is 0 Å². The van der Waals surface area contributed by atoms with Crippen molar-refractivity contribution in [2.45, 2.75) is 5.54 Å². The number of carboxylic acids is 1. The van der Waals surface area contributed by atoms with Crippen LogP contribution in [-0.2, 0) is 5.54 Å². The van der Waals surface area contributed by atoms with E-state index in [2.05, 4.69) is 15.9 Å². The van der Waals surface area contributed by atoms with E-state index >= 15 is 0 Å². The van der Waals surface area contributed by atoms with Gasteiger partial charge in [0.25, 0.3) is 5.56 Å². The lowest BCUT2D eigenvalue weighted by Gasteiger charge is -2.38. The van der Waals surface area contributed by atoms with E-state index in [1.807, 2.05) is 0 Å². The third kappa shape index (κ3) is 3.72. The zero-order valence-electron chi connectivity index (χ0n) is 17.8. The minimum atomic E-state index is -1.50. The van der Waals surface area contributed by atoms with Crippen molar-refractivity contribution in [2.75, 3.05) is 5.33 Å². The minimum absolute atomic E-state index is 0.288. The van der Waals surface area contributed by atoms with Gasteiger partial charge in [0.05, 0.1) is 5.33 Å². The van der Waals surface area contributed by atoms with Gasteiger partial charge in [-0.1, -0.05) is 107 Å². The molecule has 1 heterocycles. The number of rotatable bonds is 6. The first-order valence-corrected chi connectivity index (χ1v) is 11.4. The Morgan fingerprint density at radius 3 is 1.53 bits per heavy atom. The summed E-state index contributed by atoms with van der Waals surface area (Å²) in [5.74, 6) is -2.27. The van der Waals surface area contributed by atoms with Gasteiger partial charge in [0.1, 0.15) is 11.2 Å². The fraction of sp³-hybridized carbons (Fsp3) is 0.0769. The average Bonchev–Trinajstić information content (AvgIpc) is 2.87. The van der Waals surface area contributed by atoms with Crippen LogP contribution < -0.4 is 11.2 Å². The molecule has 0 saturated heterocycles. The molecule has 0 bridgehead atoms. The maximum atomic E-state index is 13.9. The Morgan fingerprint density at radius 1 is 0.765 bits per heavy atom. The van der Waals surface area contributed by atoms with Gasteiger partial charge in [-0.25, -0.2) is 9.59 Å². The van der Waals surface area contributed by atoms with Crippen molar-refractivity contribution in [3.63, 3.8) is 0 Å². The highest BCUT2D eigenvalue weighted by molar-refractivity contribution is 9.09. The first kappa shape index (κ1) is 23.1. The SMILES string of the molecule is O=C(O)c1cc(=O)n(C(=O)CBr)c(=O)n1C(c1ccccc1)(c1ccccc1)c1ccccc1. The van der Waals surface area contributed by atoms with Crippen LogP contribution in [0.4, 0.5) is 0 Å². The van der Waals surface area contributed by atoms with Gasteiger partial charge in [-0.15, -0.1) is 0 Å². The van der Waals surface area contributed by atoms with Gasteiger partial charge in [-0.3, -0.25) is 14.2 Å². The van der Waals surface area contributed by atoms with E-state index in [1.165, 1.54) is 0 Å². The molecule has 1 N–H and O–H groups in total. The lowest BCUT2D eigenvalue weighted by atomic mass is 9.76. The summed E-state index contributed by atoms with van der Waals surface area (Å²) in [5.41, 5.74) is -2.37. The van der Waals surface area contributed by atoms with Crippen LogP contribution in [0.15, 0.2) is 107 Å². The number of hydrogen-bond donors (Lipinski definition) is 1. The first-order valence-electron chi connectivity index (χ1n) is 10.3. The second-order valence-corrected chi connectivity index (χ2v) is 8.02. The summed E-state index contributed by atoms with van der Waals surface area (Å²) in [6.07, 6.45) is 0. The number of carbonyl (C=O) groups is 2. The predicted molar refractivity (Wildman–Crippen MR) is 131 cm³/mol. The Labute approximate surface area is 202 Å². The van der Waals surface area contributed by atoms with E-state index < -0.39 is 34.4 Å². The number of aromatic nitrogens is 2. The Morgan fingerprint density at radius 2 is 1.18 bits per heavy atom. The summed E-state index contributed by atoms with van der Waals surface area (Å²) >= 11 is 3.00. The molecule has 0 aliphatic heterocycles. The van der Waals surface area contributed by atoms with Gasteiger partial charge in [-0.05, 0) is 16.7 Å². The van der Waals surface area contributed by atoms with E-state index in [9.17, 15) is 24.3 Å².